The zero-order valence-electron chi connectivity index (χ0n) is 35.8. The molecule has 9 rings (SSSR count). The lowest BCUT2D eigenvalue weighted by Crippen LogP contribution is -2.52. The van der Waals surface area contributed by atoms with Crippen LogP contribution in [0.4, 0.5) is 25.1 Å². The number of amides is 5. The van der Waals surface area contributed by atoms with Crippen LogP contribution in [0.25, 0.3) is 22.0 Å². The van der Waals surface area contributed by atoms with Gasteiger partial charge in [0.15, 0.2) is 23.0 Å². The number of carbonyl (C=O) groups is 4. The highest BCUT2D eigenvalue weighted by atomic mass is 35.5. The SMILES string of the molecule is COc1ccc(C(N)=O)c(-c2c(Cl)c(F)cc3c2[C@H](C)[C@@](CNC2CCN(C(=O)C4CCN(c5ccc6c(N7CCC(=O)NC7=O)nn(C)c6c5)CC4)CC2)(c2ccccc2)O3)c1F. The maximum absolute atomic E-state index is 16.2. The molecule has 4 aliphatic heterocycles. The largest absolute Gasteiger partial charge is 0.494 e. The van der Waals surface area contributed by atoms with Crippen LogP contribution in [0.15, 0.2) is 66.7 Å². The number of nitrogens with two attached hydrogens (primary N) is 1. The van der Waals surface area contributed by atoms with Crippen molar-refractivity contribution in [2.24, 2.45) is 18.7 Å². The van der Waals surface area contributed by atoms with Crippen LogP contribution < -0.4 is 35.6 Å². The molecule has 0 spiro atoms. The van der Waals surface area contributed by atoms with Gasteiger partial charge in [-0.1, -0.05) is 48.9 Å². The number of nitrogens with zero attached hydrogens (tertiary/aromatic N) is 5. The number of rotatable bonds is 10. The van der Waals surface area contributed by atoms with Gasteiger partial charge in [0.2, 0.25) is 17.7 Å². The van der Waals surface area contributed by atoms with Gasteiger partial charge in [0.25, 0.3) is 0 Å². The molecule has 17 heteroatoms. The molecule has 2 atom stereocenters. The number of halogens is 3. The Bertz CT molecular complexity index is 2680. The van der Waals surface area contributed by atoms with Gasteiger partial charge in [-0.3, -0.25) is 29.3 Å². The number of piperidine rings is 2. The van der Waals surface area contributed by atoms with Gasteiger partial charge < -0.3 is 30.3 Å². The molecule has 14 nitrogen and oxygen atoms in total. The molecule has 3 fully saturated rings. The molecule has 0 radical (unpaired) electrons. The third-order valence-corrected chi connectivity index (χ3v) is 13.9. The van der Waals surface area contributed by atoms with Crippen molar-refractivity contribution < 1.29 is 37.4 Å². The fourth-order valence-corrected chi connectivity index (χ4v) is 10.3. The highest BCUT2D eigenvalue weighted by Gasteiger charge is 2.50. The molecule has 0 saturated carbocycles. The van der Waals surface area contributed by atoms with Crippen molar-refractivity contribution in [3.05, 3.63) is 100 Å². The number of methoxy groups -OCH3 is 1. The number of hydrogen-bond acceptors (Lipinski definition) is 9. The Morgan fingerprint density at radius 1 is 0.984 bits per heavy atom. The summed E-state index contributed by atoms with van der Waals surface area (Å²) in [7, 11) is 3.13. The first-order valence-electron chi connectivity index (χ1n) is 21.6. The third-order valence-electron chi connectivity index (χ3n) is 13.5. The Morgan fingerprint density at radius 2 is 1.72 bits per heavy atom. The van der Waals surface area contributed by atoms with Crippen molar-refractivity contribution in [3.63, 3.8) is 0 Å². The summed E-state index contributed by atoms with van der Waals surface area (Å²) in [5.74, 6) is -2.86. The summed E-state index contributed by atoms with van der Waals surface area (Å²) in [6, 6.07) is 19.0. The summed E-state index contributed by atoms with van der Waals surface area (Å²) in [6.07, 6.45) is 3.07. The van der Waals surface area contributed by atoms with Gasteiger partial charge in [0.1, 0.15) is 11.6 Å². The van der Waals surface area contributed by atoms with Crippen LogP contribution in [-0.4, -0.2) is 90.9 Å². The summed E-state index contributed by atoms with van der Waals surface area (Å²) < 4.78 is 45.7. The number of hydrogen-bond donors (Lipinski definition) is 3. The Hall–Kier alpha value is -6.26. The number of urea groups is 1. The molecule has 4 aliphatic rings. The van der Waals surface area contributed by atoms with Gasteiger partial charge in [-0.2, -0.15) is 5.10 Å². The number of nitrogens with one attached hydrogen (secondary N) is 2. The summed E-state index contributed by atoms with van der Waals surface area (Å²) in [6.45, 7) is 5.10. The molecule has 64 heavy (non-hydrogen) atoms. The maximum Gasteiger partial charge on any atom is 0.329 e. The van der Waals surface area contributed by atoms with Crippen LogP contribution in [0.5, 0.6) is 11.5 Å². The minimum Gasteiger partial charge on any atom is -0.494 e. The number of fused-ring (bicyclic) bond motifs is 2. The minimum absolute atomic E-state index is 0.0155. The predicted molar refractivity (Wildman–Crippen MR) is 238 cm³/mol. The van der Waals surface area contributed by atoms with Gasteiger partial charge >= 0.3 is 6.03 Å². The van der Waals surface area contributed by atoms with Crippen LogP contribution >= 0.6 is 11.6 Å². The van der Waals surface area contributed by atoms with Crippen molar-refractivity contribution in [2.45, 2.75) is 56.6 Å². The number of primary amides is 1. The highest BCUT2D eigenvalue weighted by molar-refractivity contribution is 6.34. The Kier molecular flexibility index (Phi) is 11.4. The van der Waals surface area contributed by atoms with E-state index in [-0.39, 0.29) is 70.0 Å². The predicted octanol–water partition coefficient (Wildman–Crippen LogP) is 6.61. The number of benzene rings is 4. The molecule has 4 aromatic carbocycles. The summed E-state index contributed by atoms with van der Waals surface area (Å²) in [5.41, 5.74) is 7.32. The number of aromatic nitrogens is 2. The summed E-state index contributed by atoms with van der Waals surface area (Å²) in [5, 5.41) is 11.1. The van der Waals surface area contributed by atoms with Crippen molar-refractivity contribution in [2.75, 3.05) is 56.2 Å². The molecule has 0 aliphatic carbocycles. The molecule has 4 N–H and O–H groups in total. The van der Waals surface area contributed by atoms with E-state index in [2.05, 4.69) is 26.7 Å². The number of likely N-dealkylation sites (tertiary alicyclic amines) is 1. The molecular weight excluding hydrogens is 846 g/mol. The zero-order valence-corrected chi connectivity index (χ0v) is 36.5. The Balaban J connectivity index is 0.863. The first kappa shape index (κ1) is 43.0. The second-order valence-electron chi connectivity index (χ2n) is 17.1. The van der Waals surface area contributed by atoms with E-state index in [1.807, 2.05) is 61.3 Å². The van der Waals surface area contributed by atoms with Crippen LogP contribution in [0.3, 0.4) is 0 Å². The molecule has 5 aromatic rings. The van der Waals surface area contributed by atoms with Gasteiger partial charge in [0, 0.05) is 104 Å². The van der Waals surface area contributed by atoms with Crippen LogP contribution in [0, 0.1) is 17.6 Å². The molecular formula is C47H49ClF2N8O6. The molecule has 1 aromatic heterocycles. The van der Waals surface area contributed by atoms with Crippen molar-refractivity contribution in [3.8, 4) is 22.6 Å². The second-order valence-corrected chi connectivity index (χ2v) is 17.4. The van der Waals surface area contributed by atoms with Gasteiger partial charge in [-0.05, 0) is 61.6 Å². The minimum atomic E-state index is -1.09. The fourth-order valence-electron chi connectivity index (χ4n) is 10.0. The van der Waals surface area contributed by atoms with Crippen molar-refractivity contribution in [1.82, 2.24) is 25.3 Å². The second kappa shape index (κ2) is 17.0. The number of ether oxygens (including phenoxy) is 2. The van der Waals surface area contributed by atoms with E-state index in [1.54, 1.807) is 4.68 Å². The molecule has 334 valence electrons. The average Bonchev–Trinajstić information content (AvgIpc) is 3.78. The lowest BCUT2D eigenvalue weighted by molar-refractivity contribution is -0.137. The van der Waals surface area contributed by atoms with Gasteiger partial charge in [-0.15, -0.1) is 0 Å². The number of carbonyl (C=O) groups excluding carboxylic acids is 4. The Morgan fingerprint density at radius 3 is 2.41 bits per heavy atom. The van der Waals surface area contributed by atoms with Crippen LogP contribution in [-0.2, 0) is 22.2 Å². The van der Waals surface area contributed by atoms with E-state index >= 15 is 8.78 Å². The highest BCUT2D eigenvalue weighted by Crippen LogP contribution is 2.56. The van der Waals surface area contributed by atoms with E-state index in [1.165, 1.54) is 30.2 Å². The molecule has 5 amide bonds. The topological polar surface area (TPSA) is 164 Å². The number of aryl methyl sites for hydroxylation is 1. The van der Waals surface area contributed by atoms with E-state index in [0.29, 0.717) is 56.9 Å². The Labute approximate surface area is 373 Å². The molecule has 5 heterocycles. The van der Waals surface area contributed by atoms with E-state index in [4.69, 9.17) is 26.8 Å². The van der Waals surface area contributed by atoms with Crippen molar-refractivity contribution in [1.29, 1.82) is 0 Å². The first-order valence-corrected chi connectivity index (χ1v) is 22.0. The van der Waals surface area contributed by atoms with Gasteiger partial charge in [0.05, 0.1) is 23.2 Å². The van der Waals surface area contributed by atoms with Gasteiger partial charge in [-0.25, -0.2) is 13.6 Å². The van der Waals surface area contributed by atoms with Crippen molar-refractivity contribution >= 4 is 57.8 Å². The number of anilines is 2. The van der Waals surface area contributed by atoms with Crippen LogP contribution in [0.2, 0.25) is 5.02 Å². The monoisotopic (exact) mass is 894 g/mol. The zero-order chi connectivity index (χ0) is 45.0. The average molecular weight is 895 g/mol. The van der Waals surface area contributed by atoms with Crippen LogP contribution in [0.1, 0.15) is 66.4 Å². The normalized spacial score (nSPS) is 20.7. The fraction of sp³-hybridized carbons (Fsp3) is 0.383. The first-order chi connectivity index (χ1) is 30.8. The number of imide groups is 1. The smallest absolute Gasteiger partial charge is 0.329 e. The maximum atomic E-state index is 16.2. The standard InChI is InChI=1S/C47H49ClF2N8O6/c1-26-38-36(24-33(49)41(48)40(38)39-32(43(51)60)11-12-35(63-3)42(39)50)64-47(26,28-7-5-4-6-8-28)25-52-29-15-20-57(21-16-29)45(61)27-13-18-56(19-14-27)30-9-10-31-34(23-30)55(2)54-44(31)58-22-17-37(59)53-46(58)62/h4-12,23-24,26-27,29,52H,13-22,25H2,1-3H3,(H2,51,60)(H,53,59,62)/t26-,47-/m0/s1. The molecule has 0 bridgehead atoms. The third kappa shape index (κ3) is 7.45. The lowest BCUT2D eigenvalue weighted by atomic mass is 9.77. The lowest BCUT2D eigenvalue weighted by Gasteiger charge is -2.40. The molecule has 0 unspecified atom stereocenters. The molecule has 3 saturated heterocycles. The quantitative estimate of drug-likeness (QED) is 0.140. The van der Waals surface area contributed by atoms with E-state index in [9.17, 15) is 19.2 Å². The summed E-state index contributed by atoms with van der Waals surface area (Å²) in [4.78, 5) is 56.6. The van der Waals surface area contributed by atoms with E-state index < -0.39 is 35.1 Å². The van der Waals surface area contributed by atoms with E-state index in [0.717, 1.165) is 35.0 Å². The summed E-state index contributed by atoms with van der Waals surface area (Å²) >= 11 is 6.68.